The summed E-state index contributed by atoms with van der Waals surface area (Å²) in [6.45, 7) is 3.97. The monoisotopic (exact) mass is 239 g/mol. The van der Waals surface area contributed by atoms with Crippen LogP contribution >= 0.6 is 0 Å². The number of ether oxygens (including phenoxy) is 1. The number of rotatable bonds is 5. The summed E-state index contributed by atoms with van der Waals surface area (Å²) in [6.07, 6.45) is 3.46. The third kappa shape index (κ3) is 3.90. The first-order valence-electron chi connectivity index (χ1n) is 5.42. The van der Waals surface area contributed by atoms with Gasteiger partial charge in [-0.2, -0.15) is 0 Å². The van der Waals surface area contributed by atoms with Crippen molar-refractivity contribution in [2.75, 3.05) is 12.4 Å². The number of hydrogen-bond acceptors (Lipinski definition) is 5. The number of H-pyrrole nitrogens is 1. The Hall–Kier alpha value is -1.85. The van der Waals surface area contributed by atoms with Gasteiger partial charge in [0.2, 0.25) is 0 Å². The lowest BCUT2D eigenvalue weighted by atomic mass is 10.0. The van der Waals surface area contributed by atoms with Gasteiger partial charge in [-0.05, 0) is 12.3 Å². The van der Waals surface area contributed by atoms with Crippen LogP contribution < -0.4 is 10.9 Å². The van der Waals surface area contributed by atoms with Gasteiger partial charge < -0.3 is 15.0 Å². The Morgan fingerprint density at radius 2 is 2.29 bits per heavy atom. The average molecular weight is 239 g/mol. The van der Waals surface area contributed by atoms with E-state index in [2.05, 4.69) is 20.0 Å². The molecule has 0 spiro atoms. The number of carbonyl (C=O) groups is 1. The molecule has 94 valence electrons. The molecule has 0 fully saturated rings. The number of methoxy groups -OCH3 is 1. The van der Waals surface area contributed by atoms with Crippen LogP contribution in [0.2, 0.25) is 0 Å². The molecule has 17 heavy (non-hydrogen) atoms. The molecule has 1 unspecified atom stereocenters. The third-order valence-electron chi connectivity index (χ3n) is 2.21. The zero-order valence-electron chi connectivity index (χ0n) is 10.2. The number of anilines is 1. The van der Waals surface area contributed by atoms with E-state index in [1.54, 1.807) is 0 Å². The highest BCUT2D eigenvalue weighted by Gasteiger charge is 2.21. The first-order valence-corrected chi connectivity index (χ1v) is 5.42. The molecule has 1 rings (SSSR count). The second kappa shape index (κ2) is 6.03. The number of hydrogen-bond donors (Lipinski definition) is 2. The maximum absolute atomic E-state index is 11.5. The van der Waals surface area contributed by atoms with Crippen molar-refractivity contribution in [3.63, 3.8) is 0 Å². The minimum Gasteiger partial charge on any atom is -0.467 e. The molecule has 1 aromatic heterocycles. The highest BCUT2D eigenvalue weighted by atomic mass is 16.5. The second-order valence-electron chi connectivity index (χ2n) is 4.12. The lowest BCUT2D eigenvalue weighted by molar-refractivity contribution is -0.141. The number of carbonyl (C=O) groups excluding carboxylic acids is 1. The maximum Gasteiger partial charge on any atom is 0.328 e. The Morgan fingerprint density at radius 3 is 2.82 bits per heavy atom. The van der Waals surface area contributed by atoms with Gasteiger partial charge in [0.25, 0.3) is 5.56 Å². The lowest BCUT2D eigenvalue weighted by Gasteiger charge is -2.17. The molecular weight excluding hydrogens is 222 g/mol. The predicted octanol–water partition coefficient (Wildman–Crippen LogP) is 0.769. The van der Waals surface area contributed by atoms with Gasteiger partial charge in [0.1, 0.15) is 6.04 Å². The molecule has 1 heterocycles. The molecule has 0 aromatic carbocycles. The number of aromatic nitrogens is 2. The van der Waals surface area contributed by atoms with Crippen LogP contribution in [-0.4, -0.2) is 29.1 Å². The van der Waals surface area contributed by atoms with Crippen molar-refractivity contribution in [1.82, 2.24) is 9.97 Å². The van der Waals surface area contributed by atoms with Crippen LogP contribution in [0.15, 0.2) is 17.2 Å². The number of aromatic amines is 1. The van der Waals surface area contributed by atoms with E-state index in [4.69, 9.17) is 0 Å². The smallest absolute Gasteiger partial charge is 0.328 e. The molecule has 0 aliphatic rings. The molecular formula is C11H17N3O3. The zero-order chi connectivity index (χ0) is 12.8. The van der Waals surface area contributed by atoms with Gasteiger partial charge in [-0.1, -0.05) is 13.8 Å². The Morgan fingerprint density at radius 1 is 1.59 bits per heavy atom. The quantitative estimate of drug-likeness (QED) is 0.741. The predicted molar refractivity (Wildman–Crippen MR) is 63.7 cm³/mol. The molecule has 6 heteroatoms. The fourth-order valence-corrected chi connectivity index (χ4v) is 1.45. The van der Waals surface area contributed by atoms with E-state index in [0.717, 1.165) is 0 Å². The van der Waals surface area contributed by atoms with E-state index in [9.17, 15) is 9.59 Å². The lowest BCUT2D eigenvalue weighted by Crippen LogP contribution is -2.34. The van der Waals surface area contributed by atoms with Crippen molar-refractivity contribution in [1.29, 1.82) is 0 Å². The normalized spacial score (nSPS) is 12.2. The van der Waals surface area contributed by atoms with E-state index >= 15 is 0 Å². The van der Waals surface area contributed by atoms with Gasteiger partial charge in [0.15, 0.2) is 5.82 Å². The molecule has 6 nitrogen and oxygen atoms in total. The van der Waals surface area contributed by atoms with Crippen LogP contribution in [0.25, 0.3) is 0 Å². The summed E-state index contributed by atoms with van der Waals surface area (Å²) in [5, 5.41) is 2.80. The minimum atomic E-state index is -0.559. The van der Waals surface area contributed by atoms with Crippen molar-refractivity contribution in [2.24, 2.45) is 5.92 Å². The van der Waals surface area contributed by atoms with Crippen LogP contribution in [0.4, 0.5) is 5.82 Å². The Kier molecular flexibility index (Phi) is 4.68. The van der Waals surface area contributed by atoms with Crippen LogP contribution in [0.1, 0.15) is 20.3 Å². The highest BCUT2D eigenvalue weighted by Crippen LogP contribution is 2.09. The van der Waals surface area contributed by atoms with Crippen LogP contribution in [0.5, 0.6) is 0 Å². The summed E-state index contributed by atoms with van der Waals surface area (Å²) >= 11 is 0. The molecule has 1 aromatic rings. The fourth-order valence-electron chi connectivity index (χ4n) is 1.45. The first-order chi connectivity index (χ1) is 8.04. The van der Waals surface area contributed by atoms with Crippen molar-refractivity contribution in [3.8, 4) is 0 Å². The number of nitrogens with one attached hydrogen (secondary N) is 2. The molecule has 0 saturated heterocycles. The molecule has 0 amide bonds. The van der Waals surface area contributed by atoms with Crippen molar-refractivity contribution in [3.05, 3.63) is 22.7 Å². The molecule has 1 atom stereocenters. The van der Waals surface area contributed by atoms with Gasteiger partial charge >= 0.3 is 5.97 Å². The largest absolute Gasteiger partial charge is 0.467 e. The molecule has 0 radical (unpaired) electrons. The summed E-state index contributed by atoms with van der Waals surface area (Å²) in [6, 6.07) is -0.559. The summed E-state index contributed by atoms with van der Waals surface area (Å²) in [5.74, 6) is 0.0293. The summed E-state index contributed by atoms with van der Waals surface area (Å²) in [5.41, 5.74) is -0.356. The molecule has 2 N–H and O–H groups in total. The van der Waals surface area contributed by atoms with Crippen LogP contribution in [0.3, 0.4) is 0 Å². The topological polar surface area (TPSA) is 84.1 Å². The van der Waals surface area contributed by atoms with Crippen LogP contribution in [0, 0.1) is 5.92 Å². The summed E-state index contributed by atoms with van der Waals surface area (Å²) in [4.78, 5) is 29.3. The average Bonchev–Trinajstić information content (AvgIpc) is 2.29. The van der Waals surface area contributed by atoms with Crippen LogP contribution in [-0.2, 0) is 9.53 Å². The third-order valence-corrected chi connectivity index (χ3v) is 2.21. The van der Waals surface area contributed by atoms with Gasteiger partial charge in [-0.3, -0.25) is 4.79 Å². The molecule has 0 aliphatic carbocycles. The fraction of sp³-hybridized carbons (Fsp3) is 0.545. The van der Waals surface area contributed by atoms with Gasteiger partial charge in [-0.25, -0.2) is 9.78 Å². The minimum absolute atomic E-state index is 0.128. The Bertz CT molecular complexity index is 428. The SMILES string of the molecule is COC(=O)C(CC(C)C)Nc1ncc[nH]c1=O. The number of esters is 1. The summed E-state index contributed by atoms with van der Waals surface area (Å²) in [7, 11) is 1.32. The summed E-state index contributed by atoms with van der Waals surface area (Å²) < 4.78 is 4.68. The van der Waals surface area contributed by atoms with Crippen molar-refractivity contribution < 1.29 is 9.53 Å². The Labute approximate surface area is 99.4 Å². The van der Waals surface area contributed by atoms with Gasteiger partial charge in [0.05, 0.1) is 7.11 Å². The molecule has 0 bridgehead atoms. The van der Waals surface area contributed by atoms with Crippen molar-refractivity contribution in [2.45, 2.75) is 26.3 Å². The van der Waals surface area contributed by atoms with E-state index in [1.165, 1.54) is 19.5 Å². The van der Waals surface area contributed by atoms with Gasteiger partial charge in [-0.15, -0.1) is 0 Å². The first kappa shape index (κ1) is 13.2. The van der Waals surface area contributed by atoms with Crippen molar-refractivity contribution >= 4 is 11.8 Å². The zero-order valence-corrected chi connectivity index (χ0v) is 10.2. The Balaban J connectivity index is 2.83. The molecule has 0 aliphatic heterocycles. The highest BCUT2D eigenvalue weighted by molar-refractivity contribution is 5.78. The van der Waals surface area contributed by atoms with E-state index in [1.807, 2.05) is 13.8 Å². The molecule has 0 saturated carbocycles. The number of nitrogens with zero attached hydrogens (tertiary/aromatic N) is 1. The van der Waals surface area contributed by atoms with E-state index < -0.39 is 12.0 Å². The second-order valence-corrected chi connectivity index (χ2v) is 4.12. The van der Waals surface area contributed by atoms with E-state index in [-0.39, 0.29) is 11.4 Å². The maximum atomic E-state index is 11.5. The standard InChI is InChI=1S/C11H17N3O3/c1-7(2)6-8(11(16)17-3)14-9-10(15)13-5-4-12-9/h4-5,7-8H,6H2,1-3H3,(H,12,14)(H,13,15). The van der Waals surface area contributed by atoms with E-state index in [0.29, 0.717) is 12.3 Å². The van der Waals surface area contributed by atoms with Gasteiger partial charge in [0, 0.05) is 12.4 Å².